The van der Waals surface area contributed by atoms with Gasteiger partial charge in [-0.2, -0.15) is 0 Å². The van der Waals surface area contributed by atoms with E-state index in [0.29, 0.717) is 13.0 Å². The molecular weight excluding hydrogens is 875 g/mol. The first-order valence-corrected chi connectivity index (χ1v) is 26.4. The van der Waals surface area contributed by atoms with Crippen LogP contribution in [0.1, 0.15) is 131 Å². The first kappa shape index (κ1) is 54.6. The van der Waals surface area contributed by atoms with Crippen molar-refractivity contribution in [2.24, 2.45) is 5.73 Å². The minimum Gasteiger partial charge on any atom is -0.463 e. The molecule has 1 aliphatic heterocycles. The number of nitrogens with two attached hydrogens (primary N) is 1. The Balaban J connectivity index is 1.17. The first-order chi connectivity index (χ1) is 34.6. The van der Waals surface area contributed by atoms with Crippen LogP contribution in [0.5, 0.6) is 0 Å². The van der Waals surface area contributed by atoms with Crippen LogP contribution in [-0.4, -0.2) is 62.0 Å². The molecule has 9 nitrogen and oxygen atoms in total. The molecule has 1 fully saturated rings. The number of benzene rings is 5. The van der Waals surface area contributed by atoms with E-state index in [1.807, 2.05) is 140 Å². The van der Waals surface area contributed by atoms with E-state index < -0.39 is 36.7 Å². The van der Waals surface area contributed by atoms with E-state index in [9.17, 15) is 4.79 Å². The number of carbonyl (C=O) groups excluding carboxylic acids is 1. The molecule has 5 aromatic rings. The highest BCUT2D eigenvalue weighted by Crippen LogP contribution is 2.32. The Morgan fingerprint density at radius 1 is 0.500 bits per heavy atom. The zero-order chi connectivity index (χ0) is 48.7. The van der Waals surface area contributed by atoms with Crippen molar-refractivity contribution in [2.45, 2.75) is 179 Å². The summed E-state index contributed by atoms with van der Waals surface area (Å²) in [6.07, 6.45) is 14.2. The minimum atomic E-state index is -0.953. The van der Waals surface area contributed by atoms with Gasteiger partial charge in [-0.25, -0.2) is 0 Å². The maximum Gasteiger partial charge on any atom is 0.306 e. The van der Waals surface area contributed by atoms with Crippen LogP contribution in [0.4, 0.5) is 0 Å². The molecule has 1 aliphatic rings. The zero-order valence-electron chi connectivity index (χ0n) is 41.9. The lowest BCUT2D eigenvalue weighted by atomic mass is 9.97. The zero-order valence-corrected chi connectivity index (χ0v) is 41.9. The number of carbonyl (C=O) groups is 1. The lowest BCUT2D eigenvalue weighted by Gasteiger charge is -2.46. The molecule has 378 valence electrons. The standard InChI is InChI=1S/C61H81NO8/c1-2-3-4-5-6-7-8-9-10-11-12-13-29-40-55(64-43-50-32-21-15-22-33-50)54(62)47-69-61-60(68-46-53-38-27-18-28-39-53)59(67-45-52-36-25-17-26-37-52)58(66-44-51-34-23-16-24-35-51)56(70-61)48-65-57(63)42-41-49-30-19-14-20-31-49/h14-28,30-39,54-56,58-61H,2-13,29,40-48,62H2,1H3/t54-,55+,56+,58-,59-,60+,61-/m0/s1. The van der Waals surface area contributed by atoms with Crippen molar-refractivity contribution >= 4 is 5.97 Å². The number of rotatable bonds is 35. The number of hydrogen-bond donors (Lipinski definition) is 1. The molecule has 0 saturated carbocycles. The highest BCUT2D eigenvalue weighted by molar-refractivity contribution is 5.69. The van der Waals surface area contributed by atoms with Gasteiger partial charge in [0, 0.05) is 6.42 Å². The number of aryl methyl sites for hydroxylation is 1. The van der Waals surface area contributed by atoms with Crippen molar-refractivity contribution < 1.29 is 38.0 Å². The van der Waals surface area contributed by atoms with E-state index in [-0.39, 0.29) is 51.5 Å². The molecule has 0 aliphatic carbocycles. The number of esters is 1. The Morgan fingerprint density at radius 3 is 1.40 bits per heavy atom. The summed E-state index contributed by atoms with van der Waals surface area (Å²) in [6, 6.07) is 49.8. The van der Waals surface area contributed by atoms with Crippen molar-refractivity contribution in [3.63, 3.8) is 0 Å². The maximum absolute atomic E-state index is 13.4. The van der Waals surface area contributed by atoms with Crippen LogP contribution in [-0.2, 0) is 70.8 Å². The molecule has 1 saturated heterocycles. The average Bonchev–Trinajstić information content (AvgIpc) is 3.41. The molecule has 2 N–H and O–H groups in total. The third-order valence-electron chi connectivity index (χ3n) is 13.1. The van der Waals surface area contributed by atoms with Gasteiger partial charge in [0.1, 0.15) is 31.0 Å². The minimum absolute atomic E-state index is 0.0720. The number of unbranched alkanes of at least 4 members (excludes halogenated alkanes) is 12. The Labute approximate surface area is 419 Å². The van der Waals surface area contributed by atoms with Crippen LogP contribution < -0.4 is 5.73 Å². The highest BCUT2D eigenvalue weighted by atomic mass is 16.7. The normalized spacial score (nSPS) is 18.9. The second-order valence-electron chi connectivity index (χ2n) is 18.9. The molecule has 5 aromatic carbocycles. The van der Waals surface area contributed by atoms with Crippen LogP contribution in [0.3, 0.4) is 0 Å². The van der Waals surface area contributed by atoms with Crippen molar-refractivity contribution in [2.75, 3.05) is 13.2 Å². The Kier molecular flexibility index (Phi) is 25.8. The lowest BCUT2D eigenvalue weighted by Crippen LogP contribution is -2.62. The number of hydrogen-bond acceptors (Lipinski definition) is 9. The van der Waals surface area contributed by atoms with Gasteiger partial charge in [-0.3, -0.25) is 4.79 Å². The summed E-state index contributed by atoms with van der Waals surface area (Å²) >= 11 is 0. The van der Waals surface area contributed by atoms with Crippen LogP contribution in [0.25, 0.3) is 0 Å². The van der Waals surface area contributed by atoms with Gasteiger partial charge < -0.3 is 38.9 Å². The van der Waals surface area contributed by atoms with Gasteiger partial charge in [-0.15, -0.1) is 0 Å². The topological polar surface area (TPSA) is 108 Å². The molecule has 0 aromatic heterocycles. The summed E-state index contributed by atoms with van der Waals surface area (Å²) in [4.78, 5) is 13.4. The number of ether oxygens (including phenoxy) is 7. The Hall–Kier alpha value is -4.71. The monoisotopic (exact) mass is 956 g/mol. The summed E-state index contributed by atoms with van der Waals surface area (Å²) < 4.78 is 46.9. The molecule has 0 amide bonds. The lowest BCUT2D eigenvalue weighted by molar-refractivity contribution is -0.328. The van der Waals surface area contributed by atoms with E-state index in [2.05, 4.69) is 19.1 Å². The van der Waals surface area contributed by atoms with Gasteiger partial charge >= 0.3 is 5.97 Å². The fraction of sp³-hybridized carbons (Fsp3) is 0.492. The van der Waals surface area contributed by atoms with E-state index in [0.717, 1.165) is 47.1 Å². The van der Waals surface area contributed by atoms with E-state index in [1.165, 1.54) is 70.6 Å². The summed E-state index contributed by atoms with van der Waals surface area (Å²) in [5.74, 6) is -0.329. The van der Waals surface area contributed by atoms with Crippen LogP contribution in [0.2, 0.25) is 0 Å². The van der Waals surface area contributed by atoms with E-state index in [1.54, 1.807) is 0 Å². The third-order valence-corrected chi connectivity index (χ3v) is 13.1. The van der Waals surface area contributed by atoms with Crippen LogP contribution in [0.15, 0.2) is 152 Å². The molecule has 0 unspecified atom stereocenters. The van der Waals surface area contributed by atoms with Gasteiger partial charge in [-0.05, 0) is 40.7 Å². The van der Waals surface area contributed by atoms with Crippen molar-refractivity contribution in [3.8, 4) is 0 Å². The fourth-order valence-corrected chi connectivity index (χ4v) is 9.03. The molecular formula is C61H81NO8. The molecule has 1 heterocycles. The van der Waals surface area contributed by atoms with Gasteiger partial charge in [0.25, 0.3) is 0 Å². The highest BCUT2D eigenvalue weighted by Gasteiger charge is 2.49. The smallest absolute Gasteiger partial charge is 0.306 e. The predicted molar refractivity (Wildman–Crippen MR) is 279 cm³/mol. The average molecular weight is 956 g/mol. The van der Waals surface area contributed by atoms with Gasteiger partial charge in [-0.1, -0.05) is 242 Å². The van der Waals surface area contributed by atoms with Gasteiger partial charge in [0.05, 0.1) is 45.2 Å². The SMILES string of the molecule is CCCCCCCCCCCCCCC[C@@H](OCc1ccccc1)[C@@H](N)CO[C@H]1O[C@H](COC(=O)CCc2ccccc2)[C@H](OCc2ccccc2)[C@H](OCc2ccccc2)[C@H]1OCc1ccccc1. The van der Waals surface area contributed by atoms with E-state index >= 15 is 0 Å². The molecule has 70 heavy (non-hydrogen) atoms. The molecule has 7 atom stereocenters. The largest absolute Gasteiger partial charge is 0.463 e. The summed E-state index contributed by atoms with van der Waals surface area (Å²) in [7, 11) is 0. The molecule has 6 rings (SSSR count). The molecule has 0 bridgehead atoms. The molecule has 9 heteroatoms. The third kappa shape index (κ3) is 20.6. The Morgan fingerprint density at radius 2 is 0.914 bits per heavy atom. The van der Waals surface area contributed by atoms with Gasteiger partial charge in [0.15, 0.2) is 6.29 Å². The molecule has 0 radical (unpaired) electrons. The second kappa shape index (κ2) is 33.0. The maximum atomic E-state index is 13.4. The van der Waals surface area contributed by atoms with Crippen molar-refractivity contribution in [3.05, 3.63) is 179 Å². The summed E-state index contributed by atoms with van der Waals surface area (Å²) in [5, 5.41) is 0. The fourth-order valence-electron chi connectivity index (χ4n) is 9.03. The second-order valence-corrected chi connectivity index (χ2v) is 18.9. The quantitative estimate of drug-likeness (QED) is 0.0314. The first-order valence-electron chi connectivity index (χ1n) is 26.4. The van der Waals surface area contributed by atoms with Crippen molar-refractivity contribution in [1.29, 1.82) is 0 Å². The van der Waals surface area contributed by atoms with Gasteiger partial charge in [0.2, 0.25) is 0 Å². The van der Waals surface area contributed by atoms with E-state index in [4.69, 9.17) is 38.9 Å². The predicted octanol–water partition coefficient (Wildman–Crippen LogP) is 13.1. The molecule has 0 spiro atoms. The van der Waals surface area contributed by atoms with Crippen molar-refractivity contribution in [1.82, 2.24) is 0 Å². The summed E-state index contributed by atoms with van der Waals surface area (Å²) in [6.45, 7) is 3.63. The van der Waals surface area contributed by atoms with Crippen LogP contribution in [0, 0.1) is 0 Å². The van der Waals surface area contributed by atoms with Crippen LogP contribution >= 0.6 is 0 Å². The Bertz CT molecular complexity index is 2060. The summed E-state index contributed by atoms with van der Waals surface area (Å²) in [5.41, 5.74) is 12.2.